The SMILES string of the molecule is C[C@H]1CCN2[C@@H](C1)N(C)C(=O)c1c(O)c(=O)c(C(=O)CCc3ccc(F)cc3F)cn12. The number of aromatic nitrogens is 1. The quantitative estimate of drug-likeness (QED) is 0.752. The molecule has 9 heteroatoms. The van der Waals surface area contributed by atoms with E-state index in [4.69, 9.17) is 0 Å². The maximum absolute atomic E-state index is 13.9. The molecule has 7 nitrogen and oxygen atoms in total. The first kappa shape index (κ1) is 21.0. The van der Waals surface area contributed by atoms with E-state index in [1.807, 2.05) is 5.01 Å². The number of hydrogen-bond acceptors (Lipinski definition) is 5. The molecule has 2 aliphatic heterocycles. The van der Waals surface area contributed by atoms with Gasteiger partial charge in [0.05, 0.1) is 5.56 Å². The third-order valence-corrected chi connectivity index (χ3v) is 6.16. The number of rotatable bonds is 4. The minimum absolute atomic E-state index is 0.0293. The molecule has 2 atom stereocenters. The number of amides is 1. The summed E-state index contributed by atoms with van der Waals surface area (Å²) in [5, 5.41) is 12.4. The Bertz CT molecular complexity index is 1130. The number of nitrogens with zero attached hydrogens (tertiary/aromatic N) is 3. The highest BCUT2D eigenvalue weighted by Crippen LogP contribution is 2.31. The Labute approximate surface area is 177 Å². The molecule has 0 unspecified atom stereocenters. The summed E-state index contributed by atoms with van der Waals surface area (Å²) < 4.78 is 28.4. The second-order valence-electron chi connectivity index (χ2n) is 8.26. The topological polar surface area (TPSA) is 82.8 Å². The number of piperidine rings is 1. The van der Waals surface area contributed by atoms with E-state index >= 15 is 0 Å². The van der Waals surface area contributed by atoms with Gasteiger partial charge in [0, 0.05) is 32.3 Å². The van der Waals surface area contributed by atoms with Gasteiger partial charge in [-0.3, -0.25) is 24.1 Å². The van der Waals surface area contributed by atoms with Crippen LogP contribution in [0.4, 0.5) is 8.78 Å². The minimum Gasteiger partial charge on any atom is -0.502 e. The van der Waals surface area contributed by atoms with E-state index in [9.17, 15) is 28.3 Å². The predicted octanol–water partition coefficient (Wildman–Crippen LogP) is 2.43. The van der Waals surface area contributed by atoms with E-state index in [2.05, 4.69) is 6.92 Å². The van der Waals surface area contributed by atoms with Crippen molar-refractivity contribution in [3.8, 4) is 5.75 Å². The monoisotopic (exact) mass is 431 g/mol. The molecule has 0 saturated carbocycles. The molecule has 1 saturated heterocycles. The maximum Gasteiger partial charge on any atom is 0.277 e. The predicted molar refractivity (Wildman–Crippen MR) is 109 cm³/mol. The smallest absolute Gasteiger partial charge is 0.277 e. The molecule has 1 N–H and O–H groups in total. The number of fused-ring (bicyclic) bond motifs is 3. The summed E-state index contributed by atoms with van der Waals surface area (Å²) in [6, 6.07) is 3.09. The molecule has 1 amide bonds. The fourth-order valence-corrected chi connectivity index (χ4v) is 4.31. The van der Waals surface area contributed by atoms with Crippen LogP contribution in [-0.2, 0) is 6.42 Å². The summed E-state index contributed by atoms with van der Waals surface area (Å²) in [5.74, 6) is -2.93. The first-order chi connectivity index (χ1) is 14.7. The third kappa shape index (κ3) is 3.58. The van der Waals surface area contributed by atoms with Crippen molar-refractivity contribution in [2.45, 2.75) is 38.8 Å². The van der Waals surface area contributed by atoms with Crippen LogP contribution in [0.1, 0.15) is 52.6 Å². The van der Waals surface area contributed by atoms with Gasteiger partial charge in [-0.05, 0) is 36.8 Å². The molecule has 1 aromatic heterocycles. The lowest BCUT2D eigenvalue weighted by atomic mass is 9.95. The molecule has 0 aliphatic carbocycles. The maximum atomic E-state index is 13.9. The fourth-order valence-electron chi connectivity index (χ4n) is 4.31. The van der Waals surface area contributed by atoms with Crippen LogP contribution in [0.25, 0.3) is 0 Å². The first-order valence-electron chi connectivity index (χ1n) is 10.2. The zero-order valence-electron chi connectivity index (χ0n) is 17.3. The lowest BCUT2D eigenvalue weighted by Gasteiger charge is -2.49. The van der Waals surface area contributed by atoms with Crippen LogP contribution in [0.15, 0.2) is 29.2 Å². The van der Waals surface area contributed by atoms with Crippen molar-refractivity contribution >= 4 is 11.7 Å². The Morgan fingerprint density at radius 2 is 2.00 bits per heavy atom. The summed E-state index contributed by atoms with van der Waals surface area (Å²) in [6.45, 7) is 2.69. The molecule has 2 aliphatic rings. The number of Topliss-reactive ketones (excluding diaryl/α,β-unsaturated/α-hetero) is 1. The highest BCUT2D eigenvalue weighted by atomic mass is 19.1. The van der Waals surface area contributed by atoms with Gasteiger partial charge in [-0.15, -0.1) is 0 Å². The molecule has 0 spiro atoms. The Balaban J connectivity index is 1.68. The number of hydrogen-bond donors (Lipinski definition) is 1. The van der Waals surface area contributed by atoms with E-state index < -0.39 is 34.5 Å². The van der Waals surface area contributed by atoms with Crippen molar-refractivity contribution in [3.05, 3.63) is 63.1 Å². The zero-order chi connectivity index (χ0) is 22.4. The lowest BCUT2D eigenvalue weighted by molar-refractivity contribution is 0.0557. The van der Waals surface area contributed by atoms with Gasteiger partial charge in [-0.2, -0.15) is 0 Å². The van der Waals surface area contributed by atoms with E-state index in [-0.39, 0.29) is 35.8 Å². The van der Waals surface area contributed by atoms with E-state index in [0.29, 0.717) is 12.5 Å². The van der Waals surface area contributed by atoms with Crippen molar-refractivity contribution in [2.75, 3.05) is 18.6 Å². The fraction of sp³-hybridized carbons (Fsp3) is 0.409. The van der Waals surface area contributed by atoms with Crippen molar-refractivity contribution in [2.24, 2.45) is 5.92 Å². The second kappa shape index (κ2) is 7.79. The Morgan fingerprint density at radius 1 is 1.26 bits per heavy atom. The van der Waals surface area contributed by atoms with Gasteiger partial charge in [-0.25, -0.2) is 8.78 Å². The normalized spacial score (nSPS) is 20.5. The van der Waals surface area contributed by atoms with Crippen LogP contribution in [0.5, 0.6) is 5.75 Å². The molecule has 164 valence electrons. The van der Waals surface area contributed by atoms with Crippen molar-refractivity contribution in [1.82, 2.24) is 9.58 Å². The Morgan fingerprint density at radius 3 is 2.71 bits per heavy atom. The molecule has 1 fully saturated rings. The van der Waals surface area contributed by atoms with Crippen LogP contribution in [0.3, 0.4) is 0 Å². The number of carbonyl (C=O) groups is 2. The molecule has 0 bridgehead atoms. The molecular weight excluding hydrogens is 408 g/mol. The van der Waals surface area contributed by atoms with Crippen LogP contribution < -0.4 is 10.4 Å². The van der Waals surface area contributed by atoms with Crippen molar-refractivity contribution < 1.29 is 23.5 Å². The number of pyridine rings is 1. The van der Waals surface area contributed by atoms with Crippen LogP contribution >= 0.6 is 0 Å². The summed E-state index contributed by atoms with van der Waals surface area (Å²) in [7, 11) is 1.63. The standard InChI is InChI=1S/C22H23F2N3O4/c1-12-7-8-26-18(9-12)25(2)22(31)19-21(30)20(29)15(11-27(19)26)17(28)6-4-13-3-5-14(23)10-16(13)24/h3,5,10-12,18,30H,4,6-9H2,1-2H3/t12-,18-/m0/s1. The summed E-state index contributed by atoms with van der Waals surface area (Å²) in [6.07, 6.45) is 2.40. The van der Waals surface area contributed by atoms with Crippen LogP contribution in [0, 0.1) is 17.6 Å². The second-order valence-corrected chi connectivity index (χ2v) is 8.26. The van der Waals surface area contributed by atoms with E-state index in [0.717, 1.165) is 25.0 Å². The summed E-state index contributed by atoms with van der Waals surface area (Å²) in [5.41, 5.74) is -1.21. The molecule has 1 aromatic carbocycles. The van der Waals surface area contributed by atoms with Gasteiger partial charge in [-0.1, -0.05) is 13.0 Å². The number of halogens is 2. The Kier molecular flexibility index (Phi) is 5.28. The number of ketones is 1. The largest absolute Gasteiger partial charge is 0.502 e. The van der Waals surface area contributed by atoms with Gasteiger partial charge in [0.25, 0.3) is 5.91 Å². The number of aryl methyl sites for hydroxylation is 1. The average Bonchev–Trinajstić information content (AvgIpc) is 2.73. The average molecular weight is 431 g/mol. The van der Waals surface area contributed by atoms with Crippen molar-refractivity contribution in [1.29, 1.82) is 0 Å². The van der Waals surface area contributed by atoms with Gasteiger partial charge in [0.1, 0.15) is 17.8 Å². The number of benzene rings is 1. The summed E-state index contributed by atoms with van der Waals surface area (Å²) >= 11 is 0. The van der Waals surface area contributed by atoms with Crippen LogP contribution in [0.2, 0.25) is 0 Å². The van der Waals surface area contributed by atoms with Gasteiger partial charge < -0.3 is 10.0 Å². The van der Waals surface area contributed by atoms with E-state index in [1.54, 1.807) is 7.05 Å². The summed E-state index contributed by atoms with van der Waals surface area (Å²) in [4.78, 5) is 39.8. The van der Waals surface area contributed by atoms with Crippen molar-refractivity contribution in [3.63, 3.8) is 0 Å². The number of carbonyl (C=O) groups excluding carboxylic acids is 2. The van der Waals surface area contributed by atoms with Gasteiger partial charge >= 0.3 is 0 Å². The minimum atomic E-state index is -0.929. The molecule has 31 heavy (non-hydrogen) atoms. The van der Waals surface area contributed by atoms with Gasteiger partial charge in [0.2, 0.25) is 5.43 Å². The van der Waals surface area contributed by atoms with Gasteiger partial charge in [0.15, 0.2) is 17.2 Å². The number of aromatic hydroxyl groups is 1. The zero-order valence-corrected chi connectivity index (χ0v) is 17.3. The molecular formula is C22H23F2N3O4. The highest BCUT2D eigenvalue weighted by Gasteiger charge is 2.41. The highest BCUT2D eigenvalue weighted by molar-refractivity contribution is 6.00. The van der Waals surface area contributed by atoms with Crippen LogP contribution in [-0.4, -0.2) is 46.1 Å². The molecule has 4 rings (SSSR count). The lowest BCUT2D eigenvalue weighted by Crippen LogP contribution is -2.62. The molecule has 2 aromatic rings. The van der Waals surface area contributed by atoms with E-state index in [1.165, 1.54) is 21.8 Å². The Hall–Kier alpha value is -3.23. The first-order valence-corrected chi connectivity index (χ1v) is 10.2. The molecule has 3 heterocycles. The molecule has 0 radical (unpaired) electrons. The third-order valence-electron chi connectivity index (χ3n) is 6.16.